The predicted molar refractivity (Wildman–Crippen MR) is 74.5 cm³/mol. The molecule has 0 radical (unpaired) electrons. The zero-order valence-corrected chi connectivity index (χ0v) is 11.9. The summed E-state index contributed by atoms with van der Waals surface area (Å²) in [4.78, 5) is 3.87. The maximum Gasteiger partial charge on any atom is 0.241 e. The van der Waals surface area contributed by atoms with E-state index < -0.39 is 10.0 Å². The molecule has 2 rings (SSSR count). The molecule has 1 aromatic heterocycles. The standard InChI is InChI=1S/C13H13ClN2O2S/c1-10-3-2-4-11(7-10)9-16-19(17,18)12-5-6-15-13(14)8-12/h2-8,16H,9H2,1H3. The SMILES string of the molecule is Cc1cccc(CNS(=O)(=O)c2ccnc(Cl)c2)c1. The molecule has 1 heterocycles. The van der Waals surface area contributed by atoms with Gasteiger partial charge < -0.3 is 0 Å². The van der Waals surface area contributed by atoms with Gasteiger partial charge in [-0.1, -0.05) is 41.4 Å². The maximum atomic E-state index is 12.0. The number of aromatic nitrogens is 1. The van der Waals surface area contributed by atoms with Crippen LogP contribution in [0.1, 0.15) is 11.1 Å². The lowest BCUT2D eigenvalue weighted by Crippen LogP contribution is -2.23. The van der Waals surface area contributed by atoms with Crippen molar-refractivity contribution in [1.29, 1.82) is 0 Å². The summed E-state index contributed by atoms with van der Waals surface area (Å²) >= 11 is 5.69. The number of hydrogen-bond acceptors (Lipinski definition) is 3. The van der Waals surface area contributed by atoms with Crippen molar-refractivity contribution in [2.24, 2.45) is 0 Å². The summed E-state index contributed by atoms with van der Waals surface area (Å²) in [5, 5.41) is 0.151. The quantitative estimate of drug-likeness (QED) is 0.882. The van der Waals surface area contributed by atoms with Crippen LogP contribution < -0.4 is 4.72 Å². The molecule has 19 heavy (non-hydrogen) atoms. The van der Waals surface area contributed by atoms with E-state index in [1.54, 1.807) is 0 Å². The minimum Gasteiger partial charge on any atom is -0.244 e. The fourth-order valence-corrected chi connectivity index (χ4v) is 2.90. The molecule has 1 aromatic carbocycles. The molecule has 100 valence electrons. The lowest BCUT2D eigenvalue weighted by Gasteiger charge is -2.07. The Labute approximate surface area is 117 Å². The van der Waals surface area contributed by atoms with Gasteiger partial charge in [-0.2, -0.15) is 0 Å². The van der Waals surface area contributed by atoms with Crippen molar-refractivity contribution in [3.05, 3.63) is 58.9 Å². The number of rotatable bonds is 4. The molecule has 0 amide bonds. The second-order valence-electron chi connectivity index (χ2n) is 4.13. The van der Waals surface area contributed by atoms with Crippen molar-refractivity contribution in [3.8, 4) is 0 Å². The van der Waals surface area contributed by atoms with E-state index in [4.69, 9.17) is 11.6 Å². The fourth-order valence-electron chi connectivity index (χ4n) is 1.64. The lowest BCUT2D eigenvalue weighted by atomic mass is 10.1. The van der Waals surface area contributed by atoms with Crippen molar-refractivity contribution in [1.82, 2.24) is 9.71 Å². The molecule has 1 N–H and O–H groups in total. The smallest absolute Gasteiger partial charge is 0.241 e. The maximum absolute atomic E-state index is 12.0. The average Bonchev–Trinajstić information content (AvgIpc) is 2.37. The van der Waals surface area contributed by atoms with Crippen molar-refractivity contribution < 1.29 is 8.42 Å². The summed E-state index contributed by atoms with van der Waals surface area (Å²) in [6.45, 7) is 2.20. The average molecular weight is 297 g/mol. The zero-order valence-electron chi connectivity index (χ0n) is 10.3. The Balaban J connectivity index is 2.14. The molecule has 4 nitrogen and oxygen atoms in total. The highest BCUT2D eigenvalue weighted by Crippen LogP contribution is 2.13. The van der Waals surface area contributed by atoms with Gasteiger partial charge in [0.15, 0.2) is 0 Å². The Bertz CT molecular complexity index is 687. The van der Waals surface area contributed by atoms with Crippen LogP contribution in [0.15, 0.2) is 47.5 Å². The summed E-state index contributed by atoms with van der Waals surface area (Å²) in [5.74, 6) is 0. The van der Waals surface area contributed by atoms with E-state index in [1.807, 2.05) is 31.2 Å². The van der Waals surface area contributed by atoms with Gasteiger partial charge in [-0.25, -0.2) is 18.1 Å². The Morgan fingerprint density at radius 2 is 2.05 bits per heavy atom. The van der Waals surface area contributed by atoms with Crippen molar-refractivity contribution >= 4 is 21.6 Å². The molecule has 0 fully saturated rings. The van der Waals surface area contributed by atoms with Crippen LogP contribution >= 0.6 is 11.6 Å². The molecule has 0 atom stereocenters. The second-order valence-corrected chi connectivity index (χ2v) is 6.28. The number of benzene rings is 1. The summed E-state index contributed by atoms with van der Waals surface area (Å²) in [7, 11) is -3.57. The highest BCUT2D eigenvalue weighted by atomic mass is 35.5. The molecule has 0 spiro atoms. The largest absolute Gasteiger partial charge is 0.244 e. The molecule has 0 bridgehead atoms. The molecular formula is C13H13ClN2O2S. The Morgan fingerprint density at radius 1 is 1.26 bits per heavy atom. The minimum atomic E-state index is -3.57. The highest BCUT2D eigenvalue weighted by molar-refractivity contribution is 7.89. The first kappa shape index (κ1) is 14.0. The minimum absolute atomic E-state index is 0.111. The van der Waals surface area contributed by atoms with Crippen molar-refractivity contribution in [3.63, 3.8) is 0 Å². The van der Waals surface area contributed by atoms with Gasteiger partial charge in [0, 0.05) is 12.7 Å². The monoisotopic (exact) mass is 296 g/mol. The molecule has 0 aliphatic heterocycles. The first-order valence-electron chi connectivity index (χ1n) is 5.64. The van der Waals surface area contributed by atoms with E-state index in [2.05, 4.69) is 9.71 Å². The highest BCUT2D eigenvalue weighted by Gasteiger charge is 2.14. The van der Waals surface area contributed by atoms with E-state index in [0.717, 1.165) is 11.1 Å². The van der Waals surface area contributed by atoms with Gasteiger partial charge in [0.25, 0.3) is 0 Å². The molecule has 0 aliphatic rings. The third-order valence-electron chi connectivity index (χ3n) is 2.56. The lowest BCUT2D eigenvalue weighted by molar-refractivity contribution is 0.581. The van der Waals surface area contributed by atoms with Crippen LogP contribution in [-0.2, 0) is 16.6 Å². The molecule has 0 saturated carbocycles. The second kappa shape index (κ2) is 5.69. The number of aryl methyl sites for hydroxylation is 1. The van der Waals surface area contributed by atoms with E-state index in [1.165, 1.54) is 18.3 Å². The van der Waals surface area contributed by atoms with Crippen LogP contribution in [0.4, 0.5) is 0 Å². The van der Waals surface area contributed by atoms with Gasteiger partial charge in [0.05, 0.1) is 4.90 Å². The third kappa shape index (κ3) is 3.76. The number of nitrogens with zero attached hydrogens (tertiary/aromatic N) is 1. The zero-order chi connectivity index (χ0) is 13.9. The first-order valence-corrected chi connectivity index (χ1v) is 7.50. The van der Waals surface area contributed by atoms with Gasteiger partial charge in [-0.05, 0) is 24.6 Å². The summed E-state index contributed by atoms with van der Waals surface area (Å²) < 4.78 is 26.6. The van der Waals surface area contributed by atoms with Gasteiger partial charge in [0.2, 0.25) is 10.0 Å². The van der Waals surface area contributed by atoms with Crippen LogP contribution in [0.2, 0.25) is 5.15 Å². The van der Waals surface area contributed by atoms with Crippen LogP contribution in [0.25, 0.3) is 0 Å². The molecule has 0 unspecified atom stereocenters. The van der Waals surface area contributed by atoms with E-state index >= 15 is 0 Å². The fraction of sp³-hybridized carbons (Fsp3) is 0.154. The molecule has 2 aromatic rings. The van der Waals surface area contributed by atoms with Gasteiger partial charge in [-0.3, -0.25) is 0 Å². The summed E-state index contributed by atoms with van der Waals surface area (Å²) in [6, 6.07) is 10.4. The molecule has 0 saturated heterocycles. The number of pyridine rings is 1. The number of halogens is 1. The van der Waals surface area contributed by atoms with Crippen molar-refractivity contribution in [2.75, 3.05) is 0 Å². The summed E-state index contributed by atoms with van der Waals surface area (Å²) in [5.41, 5.74) is 1.99. The topological polar surface area (TPSA) is 59.1 Å². The van der Waals surface area contributed by atoms with Gasteiger partial charge in [0.1, 0.15) is 5.15 Å². The Kier molecular flexibility index (Phi) is 4.19. The Hall–Kier alpha value is -1.43. The van der Waals surface area contributed by atoms with Crippen LogP contribution in [0.3, 0.4) is 0 Å². The molecule has 6 heteroatoms. The van der Waals surface area contributed by atoms with Gasteiger partial charge in [-0.15, -0.1) is 0 Å². The van der Waals surface area contributed by atoms with Crippen LogP contribution in [-0.4, -0.2) is 13.4 Å². The normalized spacial score (nSPS) is 11.5. The summed E-state index contributed by atoms with van der Waals surface area (Å²) in [6.07, 6.45) is 1.36. The molecular weight excluding hydrogens is 284 g/mol. The molecule has 0 aliphatic carbocycles. The van der Waals surface area contributed by atoms with Gasteiger partial charge >= 0.3 is 0 Å². The van der Waals surface area contributed by atoms with Crippen LogP contribution in [0, 0.1) is 6.92 Å². The third-order valence-corrected chi connectivity index (χ3v) is 4.16. The van der Waals surface area contributed by atoms with E-state index in [0.29, 0.717) is 0 Å². The van der Waals surface area contributed by atoms with Crippen molar-refractivity contribution in [2.45, 2.75) is 18.4 Å². The first-order chi connectivity index (χ1) is 8.97. The number of sulfonamides is 1. The number of nitrogens with one attached hydrogen (secondary N) is 1. The Morgan fingerprint density at radius 3 is 2.74 bits per heavy atom. The number of hydrogen-bond donors (Lipinski definition) is 1. The van der Waals surface area contributed by atoms with Crippen LogP contribution in [0.5, 0.6) is 0 Å². The van der Waals surface area contributed by atoms with E-state index in [9.17, 15) is 8.42 Å². The predicted octanol–water partition coefficient (Wildman–Crippen LogP) is 2.52. The van der Waals surface area contributed by atoms with E-state index in [-0.39, 0.29) is 16.6 Å².